The Morgan fingerprint density at radius 3 is 2.13 bits per heavy atom. The summed E-state index contributed by atoms with van der Waals surface area (Å²) in [6.07, 6.45) is 0.297. The van der Waals surface area contributed by atoms with Gasteiger partial charge in [0.25, 0.3) is 0 Å². The quantitative estimate of drug-likeness (QED) is 0.385. The fraction of sp³-hybridized carbons (Fsp3) is 0.636. The number of carbonyl (C=O) groups excluding carboxylic acids is 2. The Morgan fingerprint density at radius 1 is 1.00 bits per heavy atom. The zero-order chi connectivity index (χ0) is 22.7. The Kier molecular flexibility index (Phi) is 7.58. The molecule has 0 bridgehead atoms. The van der Waals surface area contributed by atoms with Crippen molar-refractivity contribution in [2.24, 2.45) is 0 Å². The molecule has 0 radical (unpaired) electrons. The van der Waals surface area contributed by atoms with E-state index in [1.165, 1.54) is 4.90 Å². The highest BCUT2D eigenvalue weighted by Crippen LogP contribution is 2.37. The molecule has 6 nitrogen and oxygen atoms in total. The molecule has 0 atom stereocenters. The molecule has 3 amide bonds. The number of hydrogen-bond acceptors (Lipinski definition) is 4. The molecule has 2 rings (SSSR count). The zero-order valence-electron chi connectivity index (χ0n) is 19.9. The highest BCUT2D eigenvalue weighted by Gasteiger charge is 2.39. The van der Waals surface area contributed by atoms with Crippen LogP contribution in [0.2, 0.25) is 43.8 Å². The number of urea groups is 1. The average molecular weight is 451 g/mol. The standard InChI is InChI=1S/C22H38N2O4Si2/c1-22(2,3)30(7,8)28-19-11-9-18(10-12-19)23-14-13-20(25)24(21(23)26)17-27-15-16-29(4,5)6/h9-12H,13-17H2,1-8H3. The predicted octanol–water partition coefficient (Wildman–Crippen LogP) is 5.54. The average Bonchev–Trinajstić information content (AvgIpc) is 2.60. The van der Waals surface area contributed by atoms with Crippen molar-refractivity contribution in [3.05, 3.63) is 24.3 Å². The Bertz CT molecular complexity index is 752. The highest BCUT2D eigenvalue weighted by atomic mass is 28.4. The van der Waals surface area contributed by atoms with Crippen LogP contribution in [0.25, 0.3) is 0 Å². The van der Waals surface area contributed by atoms with E-state index in [9.17, 15) is 9.59 Å². The Morgan fingerprint density at radius 2 is 1.60 bits per heavy atom. The van der Waals surface area contributed by atoms with Crippen LogP contribution in [0, 0.1) is 0 Å². The monoisotopic (exact) mass is 450 g/mol. The van der Waals surface area contributed by atoms with Gasteiger partial charge in [0, 0.05) is 33.3 Å². The molecule has 30 heavy (non-hydrogen) atoms. The maximum atomic E-state index is 12.9. The number of nitrogens with zero attached hydrogens (tertiary/aromatic N) is 2. The van der Waals surface area contributed by atoms with Gasteiger partial charge in [-0.15, -0.1) is 0 Å². The van der Waals surface area contributed by atoms with Crippen molar-refractivity contribution in [3.8, 4) is 5.75 Å². The van der Waals surface area contributed by atoms with Crippen molar-refractivity contribution in [2.75, 3.05) is 24.8 Å². The first-order valence-electron chi connectivity index (χ1n) is 10.7. The summed E-state index contributed by atoms with van der Waals surface area (Å²) in [6.45, 7) is 18.8. The SMILES string of the molecule is CC(C)(C)[Si](C)(C)Oc1ccc(N2CCC(=O)N(COCC[Si](C)(C)C)C2=O)cc1. The lowest BCUT2D eigenvalue weighted by atomic mass is 10.2. The minimum Gasteiger partial charge on any atom is -0.544 e. The summed E-state index contributed by atoms with van der Waals surface area (Å²) in [6, 6.07) is 8.28. The van der Waals surface area contributed by atoms with Crippen LogP contribution < -0.4 is 9.33 Å². The number of ether oxygens (including phenoxy) is 1. The lowest BCUT2D eigenvalue weighted by Gasteiger charge is -2.37. The molecular formula is C22H38N2O4Si2. The number of amides is 3. The van der Waals surface area contributed by atoms with Gasteiger partial charge in [-0.05, 0) is 48.4 Å². The van der Waals surface area contributed by atoms with Crippen LogP contribution in [0.3, 0.4) is 0 Å². The largest absolute Gasteiger partial charge is 0.544 e. The van der Waals surface area contributed by atoms with Crippen molar-refractivity contribution in [3.63, 3.8) is 0 Å². The van der Waals surface area contributed by atoms with E-state index in [1.807, 2.05) is 24.3 Å². The van der Waals surface area contributed by atoms with Crippen molar-refractivity contribution >= 4 is 34.0 Å². The zero-order valence-corrected chi connectivity index (χ0v) is 21.9. The smallest absolute Gasteiger partial charge is 0.333 e. The second kappa shape index (κ2) is 9.24. The molecule has 1 heterocycles. The summed E-state index contributed by atoms with van der Waals surface area (Å²) in [4.78, 5) is 28.0. The third-order valence-electron chi connectivity index (χ3n) is 5.86. The number of rotatable bonds is 8. The van der Waals surface area contributed by atoms with Gasteiger partial charge in [0.2, 0.25) is 14.2 Å². The maximum absolute atomic E-state index is 12.9. The van der Waals surface area contributed by atoms with E-state index in [0.717, 1.165) is 17.5 Å². The number of benzene rings is 1. The molecule has 0 unspecified atom stereocenters. The van der Waals surface area contributed by atoms with Crippen molar-refractivity contribution in [1.29, 1.82) is 0 Å². The number of hydrogen-bond donors (Lipinski definition) is 0. The lowest BCUT2D eigenvalue weighted by molar-refractivity contribution is -0.133. The fourth-order valence-corrected chi connectivity index (χ4v) is 4.52. The molecule has 1 aromatic carbocycles. The van der Waals surface area contributed by atoms with Gasteiger partial charge in [0.15, 0.2) is 0 Å². The molecule has 1 aliphatic rings. The van der Waals surface area contributed by atoms with Gasteiger partial charge in [0.1, 0.15) is 12.5 Å². The molecule has 1 fully saturated rings. The van der Waals surface area contributed by atoms with Crippen molar-refractivity contribution in [1.82, 2.24) is 4.90 Å². The molecule has 0 aromatic heterocycles. The highest BCUT2D eigenvalue weighted by molar-refractivity contribution is 6.76. The lowest BCUT2D eigenvalue weighted by Crippen LogP contribution is -2.53. The van der Waals surface area contributed by atoms with Gasteiger partial charge in [-0.1, -0.05) is 40.4 Å². The van der Waals surface area contributed by atoms with Crippen LogP contribution in [0.15, 0.2) is 24.3 Å². The summed E-state index contributed by atoms with van der Waals surface area (Å²) >= 11 is 0. The Labute approximate surface area is 183 Å². The number of anilines is 1. The van der Waals surface area contributed by atoms with E-state index >= 15 is 0 Å². The van der Waals surface area contributed by atoms with Gasteiger partial charge < -0.3 is 9.16 Å². The topological polar surface area (TPSA) is 59.1 Å². The van der Waals surface area contributed by atoms with Crippen LogP contribution in [-0.4, -0.2) is 53.1 Å². The van der Waals surface area contributed by atoms with E-state index in [1.54, 1.807) is 4.90 Å². The van der Waals surface area contributed by atoms with E-state index < -0.39 is 16.4 Å². The van der Waals surface area contributed by atoms with Crippen LogP contribution in [0.1, 0.15) is 27.2 Å². The Balaban J connectivity index is 2.03. The molecule has 0 aliphatic carbocycles. The predicted molar refractivity (Wildman–Crippen MR) is 127 cm³/mol. The Hall–Kier alpha value is -1.65. The summed E-state index contributed by atoms with van der Waals surface area (Å²) in [5.74, 6) is 0.638. The first kappa shape index (κ1) is 24.6. The van der Waals surface area contributed by atoms with Crippen molar-refractivity contribution in [2.45, 2.75) is 71.0 Å². The van der Waals surface area contributed by atoms with Crippen molar-refractivity contribution < 1.29 is 18.8 Å². The van der Waals surface area contributed by atoms with E-state index in [2.05, 4.69) is 53.5 Å². The van der Waals surface area contributed by atoms with E-state index in [-0.39, 0.29) is 23.7 Å². The van der Waals surface area contributed by atoms with Gasteiger partial charge in [-0.2, -0.15) is 0 Å². The second-order valence-electron chi connectivity index (χ2n) is 10.7. The molecule has 0 saturated carbocycles. The summed E-state index contributed by atoms with van der Waals surface area (Å²) in [7, 11) is -3.13. The minimum atomic E-state index is -1.92. The molecule has 1 aliphatic heterocycles. The first-order chi connectivity index (χ1) is 13.7. The third-order valence-corrected chi connectivity index (χ3v) is 11.9. The molecule has 1 saturated heterocycles. The fourth-order valence-electron chi connectivity index (χ4n) is 2.73. The van der Waals surface area contributed by atoms with Gasteiger partial charge in [-0.25, -0.2) is 9.69 Å². The van der Waals surface area contributed by atoms with Crippen LogP contribution in [0.5, 0.6) is 5.75 Å². The normalized spacial score (nSPS) is 16.3. The minimum absolute atomic E-state index is 0.0191. The van der Waals surface area contributed by atoms with Crippen LogP contribution >= 0.6 is 0 Å². The second-order valence-corrected chi connectivity index (χ2v) is 21.1. The molecular weight excluding hydrogens is 412 g/mol. The van der Waals surface area contributed by atoms with Gasteiger partial charge >= 0.3 is 6.03 Å². The number of imide groups is 1. The molecule has 168 valence electrons. The van der Waals surface area contributed by atoms with Gasteiger partial charge in [-0.3, -0.25) is 9.69 Å². The molecule has 1 aromatic rings. The molecule has 0 spiro atoms. The van der Waals surface area contributed by atoms with Crippen LogP contribution in [0.4, 0.5) is 10.5 Å². The van der Waals surface area contributed by atoms with E-state index in [0.29, 0.717) is 19.6 Å². The summed E-state index contributed by atoms with van der Waals surface area (Å²) in [5.41, 5.74) is 0.766. The third kappa shape index (κ3) is 6.42. The van der Waals surface area contributed by atoms with Gasteiger partial charge in [0.05, 0.1) is 0 Å². The van der Waals surface area contributed by atoms with E-state index in [4.69, 9.17) is 9.16 Å². The summed E-state index contributed by atoms with van der Waals surface area (Å²) in [5, 5.41) is 0.116. The maximum Gasteiger partial charge on any atom is 0.333 e. The summed E-state index contributed by atoms with van der Waals surface area (Å²) < 4.78 is 12.0. The first-order valence-corrected chi connectivity index (χ1v) is 17.3. The molecule has 0 N–H and O–H groups in total. The molecule has 8 heteroatoms. The number of carbonyl (C=O) groups is 2. The van der Waals surface area contributed by atoms with Crippen LogP contribution in [-0.2, 0) is 9.53 Å².